The van der Waals surface area contributed by atoms with E-state index in [1.165, 1.54) is 0 Å². The lowest BCUT2D eigenvalue weighted by Crippen LogP contribution is -2.59. The second-order valence-electron chi connectivity index (χ2n) is 6.30. The van der Waals surface area contributed by atoms with Gasteiger partial charge in [0.25, 0.3) is 5.91 Å². The minimum Gasteiger partial charge on any atom is -0.346 e. The van der Waals surface area contributed by atoms with Crippen LogP contribution >= 0.6 is 0 Å². The zero-order chi connectivity index (χ0) is 16.0. The molecule has 1 aliphatic heterocycles. The van der Waals surface area contributed by atoms with Crippen LogP contribution in [0.1, 0.15) is 23.2 Å². The van der Waals surface area contributed by atoms with Crippen molar-refractivity contribution < 1.29 is 9.59 Å². The molecule has 2 aromatic rings. The fraction of sp³-hybridized carbons (Fsp3) is 0.438. The van der Waals surface area contributed by atoms with E-state index in [2.05, 4.69) is 9.97 Å². The first-order valence-corrected chi connectivity index (χ1v) is 7.86. The quantitative estimate of drug-likeness (QED) is 0.835. The van der Waals surface area contributed by atoms with E-state index in [0.29, 0.717) is 25.2 Å². The Morgan fingerprint density at radius 2 is 2.13 bits per heavy atom. The third-order valence-electron chi connectivity index (χ3n) is 4.94. The number of aromatic nitrogens is 2. The van der Waals surface area contributed by atoms with Crippen molar-refractivity contribution in [1.82, 2.24) is 19.8 Å². The minimum atomic E-state index is -0.202. The molecule has 2 fully saturated rings. The molecule has 0 atom stereocenters. The Kier molecular flexibility index (Phi) is 3.12. The van der Waals surface area contributed by atoms with E-state index in [9.17, 15) is 9.59 Å². The van der Waals surface area contributed by atoms with E-state index in [-0.39, 0.29) is 23.9 Å². The molecule has 0 bridgehead atoms. The maximum absolute atomic E-state index is 13.1. The van der Waals surface area contributed by atoms with Gasteiger partial charge in [-0.25, -0.2) is 4.98 Å². The molecule has 2 amide bonds. The fourth-order valence-electron chi connectivity index (χ4n) is 3.50. The average Bonchev–Trinajstić information content (AvgIpc) is 3.16. The second-order valence-corrected chi connectivity index (χ2v) is 6.30. The Morgan fingerprint density at radius 1 is 1.30 bits per heavy atom. The van der Waals surface area contributed by atoms with E-state index in [4.69, 9.17) is 5.73 Å². The van der Waals surface area contributed by atoms with Crippen molar-refractivity contribution in [1.29, 1.82) is 0 Å². The van der Waals surface area contributed by atoms with Crippen molar-refractivity contribution in [2.24, 2.45) is 5.73 Å². The van der Waals surface area contributed by atoms with Crippen LogP contribution in [0.3, 0.4) is 0 Å². The number of piperazine rings is 1. The van der Waals surface area contributed by atoms with Gasteiger partial charge in [0.15, 0.2) is 0 Å². The van der Waals surface area contributed by atoms with Gasteiger partial charge in [0.1, 0.15) is 5.65 Å². The summed E-state index contributed by atoms with van der Waals surface area (Å²) in [6.07, 6.45) is 5.32. The molecule has 1 aliphatic carbocycles. The number of nitrogens with two attached hydrogens (primary N) is 1. The van der Waals surface area contributed by atoms with Gasteiger partial charge in [-0.3, -0.25) is 9.59 Å². The number of fused-ring (bicyclic) bond motifs is 1. The first-order valence-electron chi connectivity index (χ1n) is 7.86. The molecule has 0 unspecified atom stereocenters. The first-order chi connectivity index (χ1) is 11.1. The Labute approximate surface area is 133 Å². The normalized spacial score (nSPS) is 19.3. The summed E-state index contributed by atoms with van der Waals surface area (Å²) in [4.78, 5) is 35.9. The lowest BCUT2D eigenvalue weighted by molar-refractivity contribution is -0.132. The summed E-state index contributed by atoms with van der Waals surface area (Å²) in [5.41, 5.74) is 6.65. The van der Waals surface area contributed by atoms with Gasteiger partial charge >= 0.3 is 0 Å². The van der Waals surface area contributed by atoms with Crippen molar-refractivity contribution >= 4 is 22.8 Å². The zero-order valence-corrected chi connectivity index (χ0v) is 12.8. The van der Waals surface area contributed by atoms with Gasteiger partial charge in [-0.2, -0.15) is 0 Å². The van der Waals surface area contributed by atoms with Gasteiger partial charge in [-0.15, -0.1) is 0 Å². The van der Waals surface area contributed by atoms with Crippen LogP contribution in [0.4, 0.5) is 0 Å². The molecule has 0 radical (unpaired) electrons. The highest BCUT2D eigenvalue weighted by Crippen LogP contribution is 2.45. The van der Waals surface area contributed by atoms with Gasteiger partial charge in [0, 0.05) is 37.4 Å². The van der Waals surface area contributed by atoms with Crippen LogP contribution in [0.25, 0.3) is 11.0 Å². The minimum absolute atomic E-state index is 0.0225. The second kappa shape index (κ2) is 5.06. The molecule has 7 nitrogen and oxygen atoms in total. The number of carbonyl (C=O) groups excluding carboxylic acids is 2. The van der Waals surface area contributed by atoms with Gasteiger partial charge in [-0.05, 0) is 25.0 Å². The maximum atomic E-state index is 13.1. The molecule has 4 rings (SSSR count). The molecule has 2 aliphatic rings. The maximum Gasteiger partial charge on any atom is 0.255 e. The highest BCUT2D eigenvalue weighted by Gasteiger charge is 2.54. The molecule has 2 aromatic heterocycles. The summed E-state index contributed by atoms with van der Waals surface area (Å²) in [6, 6.07) is 3.65. The first kappa shape index (κ1) is 14.2. The SMILES string of the molecule is NCC(=O)N1CCN(C(=O)c2ccnc3[nH]ccc23)C2(CC2)C1. The van der Waals surface area contributed by atoms with E-state index < -0.39 is 0 Å². The van der Waals surface area contributed by atoms with Crippen LogP contribution in [0.5, 0.6) is 0 Å². The smallest absolute Gasteiger partial charge is 0.255 e. The summed E-state index contributed by atoms with van der Waals surface area (Å²) >= 11 is 0. The predicted octanol–water partition coefficient (Wildman–Crippen LogP) is 0.339. The fourth-order valence-corrected chi connectivity index (χ4v) is 3.50. The van der Waals surface area contributed by atoms with Crippen molar-refractivity contribution in [2.45, 2.75) is 18.4 Å². The van der Waals surface area contributed by atoms with Crippen LogP contribution in [0.2, 0.25) is 0 Å². The highest BCUT2D eigenvalue weighted by atomic mass is 16.2. The molecule has 3 N–H and O–H groups in total. The van der Waals surface area contributed by atoms with Gasteiger partial charge in [-0.1, -0.05) is 0 Å². The molecule has 120 valence electrons. The summed E-state index contributed by atoms with van der Waals surface area (Å²) < 4.78 is 0. The molecule has 1 saturated carbocycles. The van der Waals surface area contributed by atoms with Crippen molar-refractivity contribution in [3.63, 3.8) is 0 Å². The number of nitrogens with zero attached hydrogens (tertiary/aromatic N) is 3. The standard InChI is InChI=1S/C16H19N5O2/c17-9-13(22)20-7-8-21(16(10-20)3-4-16)15(23)12-2-6-19-14-11(12)1-5-18-14/h1-2,5-6H,3-4,7-10,17H2,(H,18,19). The van der Waals surface area contributed by atoms with Crippen LogP contribution in [0.15, 0.2) is 24.5 Å². The van der Waals surface area contributed by atoms with Crippen LogP contribution in [-0.4, -0.2) is 63.3 Å². The number of hydrogen-bond acceptors (Lipinski definition) is 4. The number of nitrogens with one attached hydrogen (secondary N) is 1. The molecular formula is C16H19N5O2. The van der Waals surface area contributed by atoms with Crippen molar-refractivity contribution in [2.75, 3.05) is 26.2 Å². The van der Waals surface area contributed by atoms with Crippen LogP contribution < -0.4 is 5.73 Å². The van der Waals surface area contributed by atoms with E-state index >= 15 is 0 Å². The molecule has 7 heteroatoms. The Morgan fingerprint density at radius 3 is 2.87 bits per heavy atom. The highest BCUT2D eigenvalue weighted by molar-refractivity contribution is 6.06. The molecular weight excluding hydrogens is 294 g/mol. The molecule has 1 saturated heterocycles. The van der Waals surface area contributed by atoms with Gasteiger partial charge < -0.3 is 20.5 Å². The number of hydrogen-bond donors (Lipinski definition) is 2. The molecule has 1 spiro atoms. The van der Waals surface area contributed by atoms with E-state index in [0.717, 1.165) is 23.9 Å². The Balaban J connectivity index is 1.63. The zero-order valence-electron chi connectivity index (χ0n) is 12.8. The van der Waals surface area contributed by atoms with Crippen molar-refractivity contribution in [3.8, 4) is 0 Å². The summed E-state index contributed by atoms with van der Waals surface area (Å²) in [5, 5.41) is 0.841. The number of aromatic amines is 1. The Bertz CT molecular complexity index is 780. The van der Waals surface area contributed by atoms with E-state index in [1.54, 1.807) is 23.4 Å². The van der Waals surface area contributed by atoms with Crippen molar-refractivity contribution in [3.05, 3.63) is 30.1 Å². The number of H-pyrrole nitrogens is 1. The Hall–Kier alpha value is -2.41. The topological polar surface area (TPSA) is 95.3 Å². The van der Waals surface area contributed by atoms with E-state index in [1.807, 2.05) is 11.0 Å². The molecule has 23 heavy (non-hydrogen) atoms. The monoisotopic (exact) mass is 313 g/mol. The largest absolute Gasteiger partial charge is 0.346 e. The number of carbonyl (C=O) groups is 2. The number of pyridine rings is 1. The number of amides is 2. The summed E-state index contributed by atoms with van der Waals surface area (Å²) in [6.45, 7) is 1.72. The van der Waals surface area contributed by atoms with Gasteiger partial charge in [0.2, 0.25) is 5.91 Å². The predicted molar refractivity (Wildman–Crippen MR) is 84.7 cm³/mol. The average molecular weight is 313 g/mol. The molecule has 3 heterocycles. The lowest BCUT2D eigenvalue weighted by atomic mass is 10.1. The summed E-state index contributed by atoms with van der Waals surface area (Å²) in [7, 11) is 0. The number of rotatable bonds is 2. The van der Waals surface area contributed by atoms with Crippen LogP contribution in [-0.2, 0) is 4.79 Å². The van der Waals surface area contributed by atoms with Gasteiger partial charge in [0.05, 0.1) is 17.6 Å². The molecule has 0 aromatic carbocycles. The van der Waals surface area contributed by atoms with Crippen LogP contribution in [0, 0.1) is 0 Å². The third kappa shape index (κ3) is 2.19. The third-order valence-corrected chi connectivity index (χ3v) is 4.94. The lowest BCUT2D eigenvalue weighted by Gasteiger charge is -2.42. The summed E-state index contributed by atoms with van der Waals surface area (Å²) in [5.74, 6) is -0.0188.